The first-order chi connectivity index (χ1) is 6.24. The van der Waals surface area contributed by atoms with Gasteiger partial charge in [0.15, 0.2) is 0 Å². The SMILES string of the molecule is COC(=O)C(Br)CNCC1CCC1. The molecule has 0 aromatic rings. The summed E-state index contributed by atoms with van der Waals surface area (Å²) in [5.74, 6) is 0.624. The molecule has 1 atom stereocenters. The van der Waals surface area contributed by atoms with Crippen molar-refractivity contribution in [2.45, 2.75) is 24.1 Å². The smallest absolute Gasteiger partial charge is 0.320 e. The molecule has 0 aromatic carbocycles. The van der Waals surface area contributed by atoms with Crippen LogP contribution in [0.3, 0.4) is 0 Å². The monoisotopic (exact) mass is 249 g/mol. The van der Waals surface area contributed by atoms with Crippen LogP contribution >= 0.6 is 15.9 Å². The van der Waals surface area contributed by atoms with Crippen LogP contribution in [0.1, 0.15) is 19.3 Å². The lowest BCUT2D eigenvalue weighted by atomic mass is 9.85. The summed E-state index contributed by atoms with van der Waals surface area (Å²) in [5, 5.41) is 3.25. The number of carbonyl (C=O) groups excluding carboxylic acids is 1. The summed E-state index contributed by atoms with van der Waals surface area (Å²) in [6.07, 6.45) is 4.03. The van der Waals surface area contributed by atoms with Crippen molar-refractivity contribution in [3.8, 4) is 0 Å². The molecule has 1 N–H and O–H groups in total. The second-order valence-electron chi connectivity index (χ2n) is 3.45. The zero-order valence-corrected chi connectivity index (χ0v) is 9.47. The van der Waals surface area contributed by atoms with Crippen LogP contribution in [0.5, 0.6) is 0 Å². The van der Waals surface area contributed by atoms with Crippen molar-refractivity contribution in [2.75, 3.05) is 20.2 Å². The molecule has 13 heavy (non-hydrogen) atoms. The van der Waals surface area contributed by atoms with Crippen molar-refractivity contribution >= 4 is 21.9 Å². The molecule has 0 aliphatic heterocycles. The van der Waals surface area contributed by atoms with Crippen molar-refractivity contribution in [3.05, 3.63) is 0 Å². The number of carbonyl (C=O) groups is 1. The Bertz CT molecular complexity index is 171. The van der Waals surface area contributed by atoms with Crippen LogP contribution in [0.25, 0.3) is 0 Å². The first-order valence-corrected chi connectivity index (χ1v) is 5.58. The first kappa shape index (κ1) is 11.0. The molecule has 0 spiro atoms. The van der Waals surface area contributed by atoms with E-state index in [0.29, 0.717) is 6.54 Å². The van der Waals surface area contributed by atoms with Crippen LogP contribution in [0.15, 0.2) is 0 Å². The molecule has 0 radical (unpaired) electrons. The highest BCUT2D eigenvalue weighted by Gasteiger charge is 2.19. The highest BCUT2D eigenvalue weighted by molar-refractivity contribution is 9.10. The molecule has 1 saturated carbocycles. The van der Waals surface area contributed by atoms with Gasteiger partial charge in [0, 0.05) is 6.54 Å². The second-order valence-corrected chi connectivity index (χ2v) is 4.55. The predicted molar refractivity (Wildman–Crippen MR) is 54.9 cm³/mol. The second kappa shape index (κ2) is 5.60. The molecule has 0 heterocycles. The Hall–Kier alpha value is -0.0900. The highest BCUT2D eigenvalue weighted by Crippen LogP contribution is 2.25. The first-order valence-electron chi connectivity index (χ1n) is 4.66. The van der Waals surface area contributed by atoms with Crippen LogP contribution in [0.2, 0.25) is 0 Å². The summed E-state index contributed by atoms with van der Waals surface area (Å²) < 4.78 is 4.58. The van der Waals surface area contributed by atoms with E-state index in [1.54, 1.807) is 0 Å². The lowest BCUT2D eigenvalue weighted by Gasteiger charge is -2.25. The highest BCUT2D eigenvalue weighted by atomic mass is 79.9. The summed E-state index contributed by atoms with van der Waals surface area (Å²) >= 11 is 3.26. The average Bonchev–Trinajstić information content (AvgIpc) is 2.07. The largest absolute Gasteiger partial charge is 0.468 e. The molecular formula is C9H16BrNO2. The van der Waals surface area contributed by atoms with Crippen LogP contribution in [-0.2, 0) is 9.53 Å². The summed E-state index contributed by atoms with van der Waals surface area (Å²) in [4.78, 5) is 10.8. The number of methoxy groups -OCH3 is 1. The third kappa shape index (κ3) is 3.65. The molecule has 1 aliphatic carbocycles. The molecule has 76 valence electrons. The number of hydrogen-bond donors (Lipinski definition) is 1. The number of rotatable bonds is 5. The van der Waals surface area contributed by atoms with Gasteiger partial charge in [-0.15, -0.1) is 0 Å². The molecule has 1 fully saturated rings. The maximum atomic E-state index is 11.0. The van der Waals surface area contributed by atoms with E-state index >= 15 is 0 Å². The molecule has 0 bridgehead atoms. The minimum Gasteiger partial charge on any atom is -0.468 e. The third-order valence-corrected chi connectivity index (χ3v) is 3.14. The number of esters is 1. The number of alkyl halides is 1. The van der Waals surface area contributed by atoms with Crippen molar-refractivity contribution in [2.24, 2.45) is 5.92 Å². The van der Waals surface area contributed by atoms with Gasteiger partial charge in [0.05, 0.1) is 7.11 Å². The summed E-state index contributed by atoms with van der Waals surface area (Å²) in [5.41, 5.74) is 0. The predicted octanol–water partition coefficient (Wildman–Crippen LogP) is 1.31. The normalized spacial score (nSPS) is 19.2. The molecule has 3 nitrogen and oxygen atoms in total. The third-order valence-electron chi connectivity index (χ3n) is 2.44. The summed E-state index contributed by atoms with van der Waals surface area (Å²) in [7, 11) is 1.41. The molecule has 0 saturated heterocycles. The van der Waals surface area contributed by atoms with E-state index < -0.39 is 0 Å². The lowest BCUT2D eigenvalue weighted by molar-refractivity contribution is -0.139. The maximum absolute atomic E-state index is 11.0. The van der Waals surface area contributed by atoms with Crippen molar-refractivity contribution in [1.29, 1.82) is 0 Å². The fourth-order valence-electron chi connectivity index (χ4n) is 1.32. The number of halogens is 1. The fraction of sp³-hybridized carbons (Fsp3) is 0.889. The summed E-state index contributed by atoms with van der Waals surface area (Å²) in [6.45, 7) is 1.68. The van der Waals surface area contributed by atoms with Crippen LogP contribution in [-0.4, -0.2) is 31.0 Å². The van der Waals surface area contributed by atoms with Gasteiger partial charge >= 0.3 is 5.97 Å². The summed E-state index contributed by atoms with van der Waals surface area (Å²) in [6, 6.07) is 0. The van der Waals surface area contributed by atoms with E-state index in [4.69, 9.17) is 0 Å². The molecule has 0 amide bonds. The molecule has 1 rings (SSSR count). The van der Waals surface area contributed by atoms with E-state index in [2.05, 4.69) is 26.0 Å². The quantitative estimate of drug-likeness (QED) is 0.590. The van der Waals surface area contributed by atoms with Crippen molar-refractivity contribution < 1.29 is 9.53 Å². The van der Waals surface area contributed by atoms with E-state index in [0.717, 1.165) is 12.5 Å². The Balaban J connectivity index is 2.00. The van der Waals surface area contributed by atoms with Crippen molar-refractivity contribution in [1.82, 2.24) is 5.32 Å². The maximum Gasteiger partial charge on any atom is 0.320 e. The van der Waals surface area contributed by atoms with Crippen LogP contribution in [0.4, 0.5) is 0 Å². The standard InChI is InChI=1S/C9H16BrNO2/c1-13-9(12)8(10)6-11-5-7-3-2-4-7/h7-8,11H,2-6H2,1H3. The number of hydrogen-bond acceptors (Lipinski definition) is 3. The minimum absolute atomic E-state index is 0.207. The molecule has 1 unspecified atom stereocenters. The average molecular weight is 250 g/mol. The van der Waals surface area contributed by atoms with E-state index in [9.17, 15) is 4.79 Å². The fourth-order valence-corrected chi connectivity index (χ4v) is 1.74. The van der Waals surface area contributed by atoms with Gasteiger partial charge < -0.3 is 10.1 Å². The van der Waals surface area contributed by atoms with Gasteiger partial charge in [0.1, 0.15) is 4.83 Å². The number of nitrogens with one attached hydrogen (secondary N) is 1. The van der Waals surface area contributed by atoms with E-state index in [-0.39, 0.29) is 10.8 Å². The van der Waals surface area contributed by atoms with Gasteiger partial charge in [-0.2, -0.15) is 0 Å². The number of ether oxygens (including phenoxy) is 1. The van der Waals surface area contributed by atoms with Gasteiger partial charge in [-0.05, 0) is 25.3 Å². The van der Waals surface area contributed by atoms with Gasteiger partial charge in [0.25, 0.3) is 0 Å². The Morgan fingerprint density at radius 1 is 1.69 bits per heavy atom. The van der Waals surface area contributed by atoms with Gasteiger partial charge in [0.2, 0.25) is 0 Å². The molecular weight excluding hydrogens is 234 g/mol. The van der Waals surface area contributed by atoms with Crippen LogP contribution in [0, 0.1) is 5.92 Å². The Morgan fingerprint density at radius 3 is 2.85 bits per heavy atom. The topological polar surface area (TPSA) is 38.3 Å². The lowest BCUT2D eigenvalue weighted by Crippen LogP contribution is -2.34. The van der Waals surface area contributed by atoms with Gasteiger partial charge in [-0.3, -0.25) is 4.79 Å². The van der Waals surface area contributed by atoms with Gasteiger partial charge in [-0.25, -0.2) is 0 Å². The Kier molecular flexibility index (Phi) is 4.73. The van der Waals surface area contributed by atoms with E-state index in [1.165, 1.54) is 26.4 Å². The van der Waals surface area contributed by atoms with E-state index in [1.807, 2.05) is 0 Å². The molecule has 1 aliphatic rings. The Morgan fingerprint density at radius 2 is 2.38 bits per heavy atom. The Labute approximate surface area is 87.3 Å². The van der Waals surface area contributed by atoms with Gasteiger partial charge in [-0.1, -0.05) is 22.4 Å². The molecule has 4 heteroatoms. The minimum atomic E-state index is -0.211. The molecule has 0 aromatic heterocycles. The zero-order valence-electron chi connectivity index (χ0n) is 7.88. The zero-order chi connectivity index (χ0) is 9.68. The van der Waals surface area contributed by atoms with Crippen molar-refractivity contribution in [3.63, 3.8) is 0 Å². The van der Waals surface area contributed by atoms with Crippen LogP contribution < -0.4 is 5.32 Å².